The number of aliphatic hydroxyl groups is 1. The van der Waals surface area contributed by atoms with E-state index in [1.807, 2.05) is 5.32 Å². The SMILES string of the molecule is Cn1cc([C@H]2[C@H]3O[C@H](C[C@@H]3O)[C@@H]2C(=O)Nc2cc(C(F)(F)F)ccc2F)c(C(F)(F)F)n1. The maximum atomic E-state index is 14.1. The Hall–Kier alpha value is -2.67. The first-order valence-electron chi connectivity index (χ1n) is 9.39. The summed E-state index contributed by atoms with van der Waals surface area (Å²) < 4.78 is 99.9. The minimum atomic E-state index is -4.86. The van der Waals surface area contributed by atoms with Crippen LogP contribution in [-0.2, 0) is 28.9 Å². The van der Waals surface area contributed by atoms with Crippen molar-refractivity contribution in [3.8, 4) is 0 Å². The minimum Gasteiger partial charge on any atom is -0.390 e. The number of halogens is 7. The predicted octanol–water partition coefficient (Wildman–Crippen LogP) is 3.47. The highest BCUT2D eigenvalue weighted by Gasteiger charge is 2.59. The normalized spacial score (nSPS) is 27.7. The van der Waals surface area contributed by atoms with E-state index in [9.17, 15) is 40.6 Å². The summed E-state index contributed by atoms with van der Waals surface area (Å²) in [5.74, 6) is -4.78. The van der Waals surface area contributed by atoms with Gasteiger partial charge in [0.25, 0.3) is 0 Å². The van der Waals surface area contributed by atoms with Crippen molar-refractivity contribution in [3.05, 3.63) is 47.0 Å². The van der Waals surface area contributed by atoms with E-state index in [-0.39, 0.29) is 6.42 Å². The molecule has 2 aromatic rings. The van der Waals surface area contributed by atoms with Gasteiger partial charge in [-0.25, -0.2) is 4.39 Å². The molecule has 32 heavy (non-hydrogen) atoms. The number of anilines is 1. The van der Waals surface area contributed by atoms with E-state index in [1.54, 1.807) is 0 Å². The highest BCUT2D eigenvalue weighted by Crippen LogP contribution is 2.51. The van der Waals surface area contributed by atoms with E-state index < -0.39 is 76.7 Å². The molecule has 3 heterocycles. The van der Waals surface area contributed by atoms with Crippen molar-refractivity contribution in [2.45, 2.75) is 43.0 Å². The molecule has 0 saturated carbocycles. The molecule has 0 radical (unpaired) electrons. The number of nitrogens with zero attached hydrogens (tertiary/aromatic N) is 2. The van der Waals surface area contributed by atoms with E-state index in [0.29, 0.717) is 18.2 Å². The molecule has 0 unspecified atom stereocenters. The molecule has 2 aliphatic rings. The number of carbonyl (C=O) groups is 1. The fourth-order valence-electron chi connectivity index (χ4n) is 4.40. The average molecular weight is 467 g/mol. The van der Waals surface area contributed by atoms with Gasteiger partial charge in [0.05, 0.1) is 35.5 Å². The summed E-state index contributed by atoms with van der Waals surface area (Å²) in [5, 5.41) is 15.6. The number of carbonyl (C=O) groups excluding carboxylic acids is 1. The van der Waals surface area contributed by atoms with Gasteiger partial charge < -0.3 is 15.2 Å². The van der Waals surface area contributed by atoms with Gasteiger partial charge in [0.15, 0.2) is 5.69 Å². The molecule has 5 atom stereocenters. The van der Waals surface area contributed by atoms with Crippen LogP contribution in [0.5, 0.6) is 0 Å². The van der Waals surface area contributed by atoms with Crippen molar-refractivity contribution in [3.63, 3.8) is 0 Å². The Kier molecular flexibility index (Phi) is 5.24. The first-order chi connectivity index (χ1) is 14.8. The van der Waals surface area contributed by atoms with Crippen molar-refractivity contribution < 1.29 is 45.4 Å². The number of aryl methyl sites for hydroxylation is 1. The van der Waals surface area contributed by atoms with E-state index in [0.717, 1.165) is 10.9 Å². The van der Waals surface area contributed by atoms with Crippen LogP contribution >= 0.6 is 0 Å². The summed E-state index contributed by atoms with van der Waals surface area (Å²) in [6.07, 6.45) is -12.0. The van der Waals surface area contributed by atoms with Crippen LogP contribution in [0.15, 0.2) is 24.4 Å². The van der Waals surface area contributed by atoms with Crippen LogP contribution in [-0.4, -0.2) is 39.1 Å². The second kappa shape index (κ2) is 7.44. The Bertz CT molecular complexity index is 1050. The van der Waals surface area contributed by atoms with Crippen molar-refractivity contribution in [2.75, 3.05) is 5.32 Å². The molecule has 1 aromatic carbocycles. The Morgan fingerprint density at radius 1 is 1.22 bits per heavy atom. The molecular weight excluding hydrogens is 451 g/mol. The first-order valence-corrected chi connectivity index (χ1v) is 9.39. The van der Waals surface area contributed by atoms with Crippen LogP contribution in [0, 0.1) is 11.7 Å². The van der Waals surface area contributed by atoms with Gasteiger partial charge in [-0.3, -0.25) is 9.48 Å². The molecule has 174 valence electrons. The molecule has 4 rings (SSSR count). The zero-order valence-electron chi connectivity index (χ0n) is 16.2. The smallest absolute Gasteiger partial charge is 0.390 e. The Morgan fingerprint density at radius 3 is 2.53 bits per heavy atom. The zero-order valence-corrected chi connectivity index (χ0v) is 16.2. The Labute approximate surface area is 176 Å². The molecule has 13 heteroatoms. The molecule has 2 fully saturated rings. The zero-order chi connectivity index (χ0) is 23.6. The van der Waals surface area contributed by atoms with Gasteiger partial charge in [0, 0.05) is 31.1 Å². The maximum Gasteiger partial charge on any atom is 0.435 e. The summed E-state index contributed by atoms with van der Waals surface area (Å²) in [4.78, 5) is 12.9. The van der Waals surface area contributed by atoms with Gasteiger partial charge in [-0.1, -0.05) is 0 Å². The second-order valence-corrected chi connectivity index (χ2v) is 7.78. The van der Waals surface area contributed by atoms with Crippen molar-refractivity contribution in [1.29, 1.82) is 0 Å². The van der Waals surface area contributed by atoms with E-state index in [4.69, 9.17) is 4.74 Å². The average Bonchev–Trinajstić information content (AvgIpc) is 3.33. The minimum absolute atomic E-state index is 0.0636. The lowest BCUT2D eigenvalue weighted by atomic mass is 9.73. The van der Waals surface area contributed by atoms with Crippen molar-refractivity contribution in [2.24, 2.45) is 13.0 Å². The van der Waals surface area contributed by atoms with Gasteiger partial charge in [-0.15, -0.1) is 0 Å². The Balaban J connectivity index is 1.70. The van der Waals surface area contributed by atoms with Gasteiger partial charge in [-0.05, 0) is 18.2 Å². The van der Waals surface area contributed by atoms with Gasteiger partial charge in [0.1, 0.15) is 5.82 Å². The molecule has 2 N–H and O–H groups in total. The number of aliphatic hydroxyl groups excluding tert-OH is 1. The molecule has 1 amide bonds. The molecule has 2 bridgehead atoms. The molecular formula is C19H16F7N3O3. The highest BCUT2D eigenvalue weighted by molar-refractivity contribution is 5.94. The lowest BCUT2D eigenvalue weighted by Crippen LogP contribution is -2.41. The largest absolute Gasteiger partial charge is 0.435 e. The molecule has 2 aliphatic heterocycles. The molecule has 1 aromatic heterocycles. The van der Waals surface area contributed by atoms with Crippen LogP contribution in [0.2, 0.25) is 0 Å². The topological polar surface area (TPSA) is 76.4 Å². The number of fused-ring (bicyclic) bond motifs is 2. The van der Waals surface area contributed by atoms with Crippen LogP contribution in [0.1, 0.15) is 29.2 Å². The standard InChI is InChI=1S/C19H16F7N3O3/c1-29-6-8(16(28-29)19(24,25)26)13-14(12-5-11(30)15(13)32-12)17(31)27-10-4-7(18(21,22)23)2-3-9(10)20/h2-4,6,11-15,30H,5H2,1H3,(H,27,31)/t11-,12+,13+,14-,15-/m0/s1. The van der Waals surface area contributed by atoms with Gasteiger partial charge in [0.2, 0.25) is 5.91 Å². The van der Waals surface area contributed by atoms with Crippen LogP contribution in [0.3, 0.4) is 0 Å². The fraction of sp³-hybridized carbons (Fsp3) is 0.474. The summed E-state index contributed by atoms with van der Waals surface area (Å²) in [6.45, 7) is 0. The number of ether oxygens (including phenoxy) is 1. The summed E-state index contributed by atoms with van der Waals surface area (Å²) in [6, 6.07) is 1.42. The van der Waals surface area contributed by atoms with Crippen molar-refractivity contribution >= 4 is 11.6 Å². The van der Waals surface area contributed by atoms with E-state index >= 15 is 0 Å². The molecule has 6 nitrogen and oxygen atoms in total. The molecule has 0 spiro atoms. The quantitative estimate of drug-likeness (QED) is 0.679. The third-order valence-corrected chi connectivity index (χ3v) is 5.67. The van der Waals surface area contributed by atoms with Gasteiger partial charge in [-0.2, -0.15) is 31.4 Å². The number of alkyl halides is 6. The lowest BCUT2D eigenvalue weighted by Gasteiger charge is -2.30. The van der Waals surface area contributed by atoms with Gasteiger partial charge >= 0.3 is 12.4 Å². The summed E-state index contributed by atoms with van der Waals surface area (Å²) >= 11 is 0. The third-order valence-electron chi connectivity index (χ3n) is 5.67. The number of hydrogen-bond donors (Lipinski definition) is 2. The second-order valence-electron chi connectivity index (χ2n) is 7.78. The molecule has 2 saturated heterocycles. The van der Waals surface area contributed by atoms with E-state index in [2.05, 4.69) is 5.10 Å². The summed E-state index contributed by atoms with van der Waals surface area (Å²) in [7, 11) is 1.25. The monoisotopic (exact) mass is 467 g/mol. The Morgan fingerprint density at radius 2 is 1.91 bits per heavy atom. The van der Waals surface area contributed by atoms with E-state index in [1.165, 1.54) is 7.05 Å². The number of nitrogens with one attached hydrogen (secondary N) is 1. The van der Waals surface area contributed by atoms with Crippen LogP contribution in [0.4, 0.5) is 36.4 Å². The predicted molar refractivity (Wildman–Crippen MR) is 93.8 cm³/mol. The van der Waals surface area contributed by atoms with Crippen LogP contribution in [0.25, 0.3) is 0 Å². The number of benzene rings is 1. The number of rotatable bonds is 3. The molecule has 0 aliphatic carbocycles. The first kappa shape index (κ1) is 22.5. The fourth-order valence-corrected chi connectivity index (χ4v) is 4.40. The lowest BCUT2D eigenvalue weighted by molar-refractivity contribution is -0.143. The number of aromatic nitrogens is 2. The van der Waals surface area contributed by atoms with Crippen LogP contribution < -0.4 is 5.32 Å². The van der Waals surface area contributed by atoms with Crippen molar-refractivity contribution in [1.82, 2.24) is 9.78 Å². The maximum absolute atomic E-state index is 14.1. The third kappa shape index (κ3) is 3.83. The number of hydrogen-bond acceptors (Lipinski definition) is 4. The highest BCUT2D eigenvalue weighted by atomic mass is 19.4. The summed E-state index contributed by atoms with van der Waals surface area (Å²) in [5.41, 5.74) is -3.64. The number of amides is 1.